The van der Waals surface area contributed by atoms with Crippen LogP contribution in [-0.2, 0) is 16.0 Å². The van der Waals surface area contributed by atoms with E-state index in [1.54, 1.807) is 6.20 Å². The summed E-state index contributed by atoms with van der Waals surface area (Å²) in [6.07, 6.45) is 3.57. The fourth-order valence-corrected chi connectivity index (χ4v) is 3.95. The quantitative estimate of drug-likeness (QED) is 0.519. The van der Waals surface area contributed by atoms with E-state index in [4.69, 9.17) is 4.74 Å². The Morgan fingerprint density at radius 3 is 2.74 bits per heavy atom. The number of hydrogen-bond acceptors (Lipinski definition) is 6. The lowest BCUT2D eigenvalue weighted by Gasteiger charge is -2.22. The summed E-state index contributed by atoms with van der Waals surface area (Å²) in [7, 11) is 0. The average Bonchev–Trinajstić information content (AvgIpc) is 3.32. The maximum absolute atomic E-state index is 13.2. The molecule has 0 radical (unpaired) electrons. The van der Waals surface area contributed by atoms with Gasteiger partial charge < -0.3 is 15.4 Å². The number of carbonyl (C=O) groups excluding carboxylic acids is 2. The average molecular weight is 440 g/mol. The van der Waals surface area contributed by atoms with Crippen LogP contribution < -0.4 is 21.5 Å². The van der Waals surface area contributed by atoms with Crippen molar-refractivity contribution in [3.8, 4) is 0 Å². The minimum absolute atomic E-state index is 0.0863. The van der Waals surface area contributed by atoms with E-state index in [0.717, 1.165) is 24.6 Å². The Hall–Kier alpha value is -2.33. The zero-order chi connectivity index (χ0) is 22.6. The van der Waals surface area contributed by atoms with Crippen LogP contribution in [-0.4, -0.2) is 47.3 Å². The molecule has 1 aromatic heterocycles. The van der Waals surface area contributed by atoms with Crippen LogP contribution in [0.5, 0.6) is 0 Å². The Balaban J connectivity index is 1.39. The van der Waals surface area contributed by atoms with E-state index < -0.39 is 18.1 Å². The zero-order valence-electron chi connectivity index (χ0n) is 18.1. The van der Waals surface area contributed by atoms with Crippen LogP contribution in [0.1, 0.15) is 50.8 Å². The molecule has 2 amide bonds. The fourth-order valence-electron chi connectivity index (χ4n) is 3.95. The number of amides is 2. The summed E-state index contributed by atoms with van der Waals surface area (Å²) < 4.78 is 31.7. The number of carbonyl (C=O) groups is 2. The van der Waals surface area contributed by atoms with Crippen LogP contribution in [0, 0.1) is 12.8 Å². The number of pyridine rings is 1. The molecule has 0 spiro atoms. The summed E-state index contributed by atoms with van der Waals surface area (Å²) in [5, 5.41) is 5.16. The molecule has 1 saturated carbocycles. The number of halogens is 2. The van der Waals surface area contributed by atoms with Gasteiger partial charge in [-0.05, 0) is 57.1 Å². The number of ether oxygens (including phenoxy) is 1. The van der Waals surface area contributed by atoms with Gasteiger partial charge in [0, 0.05) is 24.9 Å². The maximum atomic E-state index is 13.2. The van der Waals surface area contributed by atoms with E-state index in [9.17, 15) is 18.4 Å². The molecule has 4 N–H and O–H groups in total. The Kier molecular flexibility index (Phi) is 7.42. The molecule has 10 heteroatoms. The highest BCUT2D eigenvalue weighted by Crippen LogP contribution is 2.33. The number of hydrogen-bond donors (Lipinski definition) is 4. The van der Waals surface area contributed by atoms with Crippen molar-refractivity contribution >= 4 is 12.0 Å². The molecule has 1 aromatic rings. The molecule has 1 saturated heterocycles. The molecule has 1 aliphatic heterocycles. The van der Waals surface area contributed by atoms with Gasteiger partial charge in [0.05, 0.1) is 18.6 Å². The molecule has 8 nitrogen and oxygen atoms in total. The molecular weight excluding hydrogens is 408 g/mol. The molecule has 0 bridgehead atoms. The number of hydrazine groups is 1. The van der Waals surface area contributed by atoms with E-state index in [2.05, 4.69) is 26.5 Å². The lowest BCUT2D eigenvalue weighted by molar-refractivity contribution is -0.121. The second kappa shape index (κ2) is 9.86. The van der Waals surface area contributed by atoms with Gasteiger partial charge >= 0.3 is 6.09 Å². The summed E-state index contributed by atoms with van der Waals surface area (Å²) >= 11 is 0. The van der Waals surface area contributed by atoms with Gasteiger partial charge in [-0.3, -0.25) is 15.2 Å². The molecule has 2 aliphatic rings. The number of nitrogens with zero attached hydrogens (tertiary/aromatic N) is 1. The van der Waals surface area contributed by atoms with Gasteiger partial charge in [0.2, 0.25) is 5.91 Å². The van der Waals surface area contributed by atoms with E-state index in [1.165, 1.54) is 6.92 Å². The van der Waals surface area contributed by atoms with Crippen molar-refractivity contribution in [2.75, 3.05) is 0 Å². The van der Waals surface area contributed by atoms with Crippen molar-refractivity contribution < 1.29 is 23.1 Å². The van der Waals surface area contributed by atoms with Gasteiger partial charge in [0.1, 0.15) is 6.10 Å². The SMILES string of the molecule is Cc1ccc(CC(=O)NC2CC([C@H]3CC[C@@H](OC(=O)NC(C)C(C)(F)F)C3)NN2)cn1. The molecule has 2 fully saturated rings. The molecule has 1 aliphatic carbocycles. The van der Waals surface area contributed by atoms with Crippen molar-refractivity contribution in [2.45, 2.75) is 83.2 Å². The Labute approximate surface area is 180 Å². The first kappa shape index (κ1) is 23.3. The highest BCUT2D eigenvalue weighted by molar-refractivity contribution is 5.78. The molecule has 3 unspecified atom stereocenters. The molecule has 31 heavy (non-hydrogen) atoms. The second-order valence-corrected chi connectivity index (χ2v) is 8.66. The van der Waals surface area contributed by atoms with E-state index in [0.29, 0.717) is 19.3 Å². The molecule has 3 rings (SSSR count). The van der Waals surface area contributed by atoms with Crippen LogP contribution in [0.25, 0.3) is 0 Å². The van der Waals surface area contributed by atoms with Crippen molar-refractivity contribution in [3.63, 3.8) is 0 Å². The number of rotatable bonds is 7. The summed E-state index contributed by atoms with van der Waals surface area (Å²) in [5.41, 5.74) is 8.09. The number of aromatic nitrogens is 1. The lowest BCUT2D eigenvalue weighted by Crippen LogP contribution is -2.45. The van der Waals surface area contributed by atoms with Gasteiger partial charge in [-0.1, -0.05) is 6.07 Å². The van der Waals surface area contributed by atoms with Crippen LogP contribution in [0.3, 0.4) is 0 Å². The van der Waals surface area contributed by atoms with Crippen LogP contribution in [0.4, 0.5) is 13.6 Å². The monoisotopic (exact) mass is 439 g/mol. The Morgan fingerprint density at radius 1 is 1.29 bits per heavy atom. The minimum atomic E-state index is -3.01. The van der Waals surface area contributed by atoms with Gasteiger partial charge in [0.25, 0.3) is 5.92 Å². The van der Waals surface area contributed by atoms with E-state index in [1.807, 2.05) is 19.1 Å². The zero-order valence-corrected chi connectivity index (χ0v) is 18.1. The van der Waals surface area contributed by atoms with Crippen molar-refractivity contribution in [2.24, 2.45) is 5.92 Å². The maximum Gasteiger partial charge on any atom is 0.407 e. The molecule has 5 atom stereocenters. The summed E-state index contributed by atoms with van der Waals surface area (Å²) in [5.74, 6) is -2.83. The van der Waals surface area contributed by atoms with Crippen molar-refractivity contribution in [3.05, 3.63) is 29.6 Å². The van der Waals surface area contributed by atoms with E-state index >= 15 is 0 Å². The van der Waals surface area contributed by atoms with Gasteiger partial charge in [-0.2, -0.15) is 0 Å². The summed E-state index contributed by atoms with van der Waals surface area (Å²) in [6, 6.07) is 2.60. The minimum Gasteiger partial charge on any atom is -0.446 e. The van der Waals surface area contributed by atoms with Crippen LogP contribution >= 0.6 is 0 Å². The van der Waals surface area contributed by atoms with Gasteiger partial charge in [-0.25, -0.2) is 19.0 Å². The third kappa shape index (κ3) is 6.83. The first-order valence-corrected chi connectivity index (χ1v) is 10.7. The largest absolute Gasteiger partial charge is 0.446 e. The first-order chi connectivity index (χ1) is 14.6. The molecule has 0 aromatic carbocycles. The molecular formula is C21H31F2N5O3. The van der Waals surface area contributed by atoms with Crippen molar-refractivity contribution in [1.82, 2.24) is 26.5 Å². The van der Waals surface area contributed by atoms with Gasteiger partial charge in [0.15, 0.2) is 0 Å². The topological polar surface area (TPSA) is 104 Å². The van der Waals surface area contributed by atoms with Gasteiger partial charge in [-0.15, -0.1) is 0 Å². The standard InChI is InChI=1S/C21H31F2N5O3/c1-12-4-5-14(11-24-12)8-19(29)26-18-10-17(27-28-18)15-6-7-16(9-15)31-20(30)25-13(2)21(3,22)23/h4-5,11,13,15-18,27-28H,6-10H2,1-3H3,(H,25,30)(H,26,29)/t13?,15-,16+,17?,18?/m0/s1. The Bertz CT molecular complexity index is 771. The normalized spacial score (nSPS) is 27.0. The summed E-state index contributed by atoms with van der Waals surface area (Å²) in [6.45, 7) is 3.90. The predicted molar refractivity (Wildman–Crippen MR) is 110 cm³/mol. The number of aryl methyl sites for hydroxylation is 1. The van der Waals surface area contributed by atoms with Crippen molar-refractivity contribution in [1.29, 1.82) is 0 Å². The van der Waals surface area contributed by atoms with E-state index in [-0.39, 0.29) is 36.6 Å². The number of alkyl carbamates (subject to hydrolysis) is 1. The first-order valence-electron chi connectivity index (χ1n) is 10.7. The predicted octanol–water partition coefficient (Wildman–Crippen LogP) is 2.18. The lowest BCUT2D eigenvalue weighted by atomic mass is 9.96. The highest BCUT2D eigenvalue weighted by atomic mass is 19.3. The smallest absolute Gasteiger partial charge is 0.407 e. The van der Waals surface area contributed by atoms with Crippen LogP contribution in [0.15, 0.2) is 18.3 Å². The third-order valence-corrected chi connectivity index (χ3v) is 5.97. The number of nitrogens with one attached hydrogen (secondary N) is 4. The number of alkyl halides is 2. The molecule has 172 valence electrons. The third-order valence-electron chi connectivity index (χ3n) is 5.97. The molecule has 2 heterocycles. The fraction of sp³-hybridized carbons (Fsp3) is 0.667. The Morgan fingerprint density at radius 2 is 2.06 bits per heavy atom. The summed E-state index contributed by atoms with van der Waals surface area (Å²) in [4.78, 5) is 28.4. The second-order valence-electron chi connectivity index (χ2n) is 8.66. The highest BCUT2D eigenvalue weighted by Gasteiger charge is 2.38. The van der Waals surface area contributed by atoms with Crippen LogP contribution in [0.2, 0.25) is 0 Å².